The lowest BCUT2D eigenvalue weighted by Crippen LogP contribution is -2.47. The van der Waals surface area contributed by atoms with Crippen LogP contribution in [0.25, 0.3) is 0 Å². The standard InChI is InChI=1S/C13H20BrN3O/c1-17-8-9(14)7-12(17)13(18)16-11-6-4-2-3-5-10(11)15/h7-8,10-11H,2-6,15H2,1H3,(H,16,18). The largest absolute Gasteiger partial charge is 0.346 e. The number of rotatable bonds is 2. The van der Waals surface area contributed by atoms with E-state index in [2.05, 4.69) is 21.2 Å². The van der Waals surface area contributed by atoms with Crippen LogP contribution in [0.4, 0.5) is 0 Å². The van der Waals surface area contributed by atoms with Crippen molar-refractivity contribution in [2.75, 3.05) is 0 Å². The lowest BCUT2D eigenvalue weighted by atomic mass is 10.0. The maximum absolute atomic E-state index is 12.2. The van der Waals surface area contributed by atoms with Crippen molar-refractivity contribution in [2.24, 2.45) is 12.8 Å². The minimum absolute atomic E-state index is 0.0365. The molecule has 2 unspecified atom stereocenters. The fraction of sp³-hybridized carbons (Fsp3) is 0.615. The van der Waals surface area contributed by atoms with Crippen LogP contribution >= 0.6 is 15.9 Å². The fourth-order valence-electron chi connectivity index (χ4n) is 2.51. The Labute approximate surface area is 116 Å². The Kier molecular flexibility index (Phi) is 4.45. The van der Waals surface area contributed by atoms with Gasteiger partial charge in [0.2, 0.25) is 0 Å². The van der Waals surface area contributed by atoms with E-state index in [9.17, 15) is 4.79 Å². The molecule has 1 aliphatic carbocycles. The number of carbonyl (C=O) groups excluding carboxylic acids is 1. The molecule has 18 heavy (non-hydrogen) atoms. The number of nitrogens with one attached hydrogen (secondary N) is 1. The van der Waals surface area contributed by atoms with Gasteiger partial charge in [0.1, 0.15) is 5.69 Å². The first-order valence-electron chi connectivity index (χ1n) is 6.46. The van der Waals surface area contributed by atoms with Crippen molar-refractivity contribution in [3.63, 3.8) is 0 Å². The Morgan fingerprint density at radius 3 is 2.83 bits per heavy atom. The smallest absolute Gasteiger partial charge is 0.268 e. The van der Waals surface area contributed by atoms with Crippen molar-refractivity contribution >= 4 is 21.8 Å². The van der Waals surface area contributed by atoms with Gasteiger partial charge in [-0.25, -0.2) is 0 Å². The van der Waals surface area contributed by atoms with Crippen LogP contribution in [0.5, 0.6) is 0 Å². The van der Waals surface area contributed by atoms with Gasteiger partial charge < -0.3 is 15.6 Å². The third-order valence-electron chi connectivity index (χ3n) is 3.59. The quantitative estimate of drug-likeness (QED) is 0.822. The zero-order valence-corrected chi connectivity index (χ0v) is 12.2. The molecule has 2 atom stereocenters. The van der Waals surface area contributed by atoms with Crippen molar-refractivity contribution < 1.29 is 4.79 Å². The zero-order valence-electron chi connectivity index (χ0n) is 10.7. The van der Waals surface area contributed by atoms with Gasteiger partial charge in [-0.05, 0) is 34.8 Å². The van der Waals surface area contributed by atoms with Crippen LogP contribution in [0.3, 0.4) is 0 Å². The summed E-state index contributed by atoms with van der Waals surface area (Å²) in [6.45, 7) is 0. The predicted molar refractivity (Wildman–Crippen MR) is 75.4 cm³/mol. The molecule has 3 N–H and O–H groups in total. The van der Waals surface area contributed by atoms with Gasteiger partial charge in [0, 0.05) is 29.8 Å². The number of hydrogen-bond acceptors (Lipinski definition) is 2. The Hall–Kier alpha value is -0.810. The number of aryl methyl sites for hydroxylation is 1. The molecule has 0 saturated heterocycles. The van der Waals surface area contributed by atoms with E-state index in [1.807, 2.05) is 23.9 Å². The summed E-state index contributed by atoms with van der Waals surface area (Å²) >= 11 is 3.38. The molecule has 100 valence electrons. The van der Waals surface area contributed by atoms with E-state index >= 15 is 0 Å². The van der Waals surface area contributed by atoms with Crippen molar-refractivity contribution in [1.82, 2.24) is 9.88 Å². The number of hydrogen-bond donors (Lipinski definition) is 2. The molecule has 0 aliphatic heterocycles. The molecule has 0 radical (unpaired) electrons. The van der Waals surface area contributed by atoms with Crippen LogP contribution in [-0.2, 0) is 7.05 Å². The Morgan fingerprint density at radius 2 is 2.17 bits per heavy atom. The lowest BCUT2D eigenvalue weighted by molar-refractivity contribution is 0.0920. The number of halogens is 1. The van der Waals surface area contributed by atoms with E-state index in [-0.39, 0.29) is 18.0 Å². The monoisotopic (exact) mass is 313 g/mol. The lowest BCUT2D eigenvalue weighted by Gasteiger charge is -2.22. The van der Waals surface area contributed by atoms with Crippen molar-refractivity contribution in [1.29, 1.82) is 0 Å². The Bertz CT molecular complexity index is 430. The SMILES string of the molecule is Cn1cc(Br)cc1C(=O)NC1CCCCCC1N. The van der Waals surface area contributed by atoms with Crippen molar-refractivity contribution in [3.05, 3.63) is 22.4 Å². The molecule has 0 spiro atoms. The Morgan fingerprint density at radius 1 is 1.44 bits per heavy atom. The number of nitrogens with zero attached hydrogens (tertiary/aromatic N) is 1. The molecule has 1 aromatic rings. The Balaban J connectivity index is 2.04. The summed E-state index contributed by atoms with van der Waals surface area (Å²) in [4.78, 5) is 12.2. The molecular formula is C13H20BrN3O. The molecule has 1 fully saturated rings. The molecule has 0 aromatic carbocycles. The summed E-state index contributed by atoms with van der Waals surface area (Å²) in [7, 11) is 1.87. The predicted octanol–water partition coefficient (Wildman–Crippen LogP) is 2.18. The van der Waals surface area contributed by atoms with E-state index in [0.717, 1.165) is 23.7 Å². The van der Waals surface area contributed by atoms with Gasteiger partial charge in [-0.15, -0.1) is 0 Å². The van der Waals surface area contributed by atoms with Crippen LogP contribution in [0, 0.1) is 0 Å². The van der Waals surface area contributed by atoms with Crippen LogP contribution in [-0.4, -0.2) is 22.6 Å². The van der Waals surface area contributed by atoms with Gasteiger partial charge in [-0.3, -0.25) is 4.79 Å². The maximum Gasteiger partial charge on any atom is 0.268 e. The first-order valence-corrected chi connectivity index (χ1v) is 7.25. The highest BCUT2D eigenvalue weighted by molar-refractivity contribution is 9.10. The van der Waals surface area contributed by atoms with Gasteiger partial charge in [0.05, 0.1) is 0 Å². The average Bonchev–Trinajstić information content (AvgIpc) is 2.52. The third-order valence-corrected chi connectivity index (χ3v) is 4.02. The minimum Gasteiger partial charge on any atom is -0.346 e. The molecule has 0 bridgehead atoms. The summed E-state index contributed by atoms with van der Waals surface area (Å²) < 4.78 is 2.74. The van der Waals surface area contributed by atoms with E-state index in [1.54, 1.807) is 0 Å². The van der Waals surface area contributed by atoms with Crippen molar-refractivity contribution in [2.45, 2.75) is 44.2 Å². The highest BCUT2D eigenvalue weighted by Gasteiger charge is 2.23. The summed E-state index contributed by atoms with van der Waals surface area (Å²) in [5, 5.41) is 3.07. The summed E-state index contributed by atoms with van der Waals surface area (Å²) in [6.07, 6.45) is 7.40. The maximum atomic E-state index is 12.2. The first kappa shape index (κ1) is 13.6. The van der Waals surface area contributed by atoms with E-state index in [1.165, 1.54) is 12.8 Å². The second kappa shape index (κ2) is 5.89. The topological polar surface area (TPSA) is 60.0 Å². The average molecular weight is 314 g/mol. The normalized spacial score (nSPS) is 24.6. The highest BCUT2D eigenvalue weighted by Crippen LogP contribution is 2.18. The molecule has 5 heteroatoms. The molecular weight excluding hydrogens is 294 g/mol. The number of amides is 1. The van der Waals surface area contributed by atoms with Crippen molar-refractivity contribution in [3.8, 4) is 0 Å². The second-order valence-corrected chi connectivity index (χ2v) is 5.95. The molecule has 1 heterocycles. The van der Waals surface area contributed by atoms with Crippen LogP contribution in [0.15, 0.2) is 16.7 Å². The molecule has 1 aromatic heterocycles. The fourth-order valence-corrected chi connectivity index (χ4v) is 3.03. The van der Waals surface area contributed by atoms with Crippen LogP contribution < -0.4 is 11.1 Å². The molecule has 1 aliphatic rings. The zero-order chi connectivity index (χ0) is 13.1. The molecule has 4 nitrogen and oxygen atoms in total. The summed E-state index contributed by atoms with van der Waals surface area (Å²) in [5.74, 6) is -0.0365. The molecule has 1 amide bonds. The van der Waals surface area contributed by atoms with Gasteiger partial charge >= 0.3 is 0 Å². The molecule has 1 saturated carbocycles. The van der Waals surface area contributed by atoms with E-state index in [0.29, 0.717) is 5.69 Å². The van der Waals surface area contributed by atoms with Gasteiger partial charge in [0.25, 0.3) is 5.91 Å². The minimum atomic E-state index is -0.0365. The second-order valence-electron chi connectivity index (χ2n) is 5.04. The summed E-state index contributed by atoms with van der Waals surface area (Å²) in [6, 6.07) is 2.02. The van der Waals surface area contributed by atoms with Crippen LogP contribution in [0.2, 0.25) is 0 Å². The van der Waals surface area contributed by atoms with Gasteiger partial charge in [-0.1, -0.05) is 19.3 Å². The van der Waals surface area contributed by atoms with E-state index in [4.69, 9.17) is 5.73 Å². The third kappa shape index (κ3) is 3.14. The highest BCUT2D eigenvalue weighted by atomic mass is 79.9. The number of aromatic nitrogens is 1. The van der Waals surface area contributed by atoms with Crippen LogP contribution in [0.1, 0.15) is 42.6 Å². The van der Waals surface area contributed by atoms with E-state index < -0.39 is 0 Å². The van der Waals surface area contributed by atoms with Gasteiger partial charge in [0.15, 0.2) is 0 Å². The number of nitrogens with two attached hydrogens (primary N) is 1. The first-order chi connectivity index (χ1) is 8.58. The summed E-state index contributed by atoms with van der Waals surface area (Å²) in [5.41, 5.74) is 6.78. The molecule has 2 rings (SSSR count). The number of carbonyl (C=O) groups is 1. The van der Waals surface area contributed by atoms with Gasteiger partial charge in [-0.2, -0.15) is 0 Å².